The van der Waals surface area contributed by atoms with E-state index < -0.39 is 11.4 Å². The van der Waals surface area contributed by atoms with Crippen molar-refractivity contribution in [2.75, 3.05) is 0 Å². The standard InChI is InChI=1S/C10H16O2/c1-5-10(4,9(11)12)7-6-8(2)3/h5H,1-2,6-7H2,3-4H3,(H,11,12). The van der Waals surface area contributed by atoms with E-state index in [1.807, 2.05) is 6.92 Å². The van der Waals surface area contributed by atoms with E-state index in [1.54, 1.807) is 6.92 Å². The normalized spacial score (nSPS) is 14.8. The van der Waals surface area contributed by atoms with E-state index in [0.29, 0.717) is 6.42 Å². The van der Waals surface area contributed by atoms with Crippen molar-refractivity contribution in [1.29, 1.82) is 0 Å². The van der Waals surface area contributed by atoms with Gasteiger partial charge in [-0.2, -0.15) is 0 Å². The van der Waals surface area contributed by atoms with Gasteiger partial charge in [0, 0.05) is 0 Å². The second kappa shape index (κ2) is 4.10. The Kier molecular flexibility index (Phi) is 3.74. The highest BCUT2D eigenvalue weighted by atomic mass is 16.4. The van der Waals surface area contributed by atoms with Gasteiger partial charge in [0.05, 0.1) is 5.41 Å². The lowest BCUT2D eigenvalue weighted by Gasteiger charge is -2.19. The molecule has 0 heterocycles. The Hall–Kier alpha value is -1.05. The summed E-state index contributed by atoms with van der Waals surface area (Å²) in [5.74, 6) is -0.821. The SMILES string of the molecule is C=CC(C)(CCC(=C)C)C(=O)O. The lowest BCUT2D eigenvalue weighted by molar-refractivity contribution is -0.145. The van der Waals surface area contributed by atoms with E-state index in [4.69, 9.17) is 5.11 Å². The zero-order chi connectivity index (χ0) is 9.78. The molecule has 0 bridgehead atoms. The number of carboxylic acid groups (broad SMARTS) is 1. The molecule has 0 aliphatic carbocycles. The van der Waals surface area contributed by atoms with Crippen LogP contribution in [0.25, 0.3) is 0 Å². The minimum absolute atomic E-state index is 0.571. The van der Waals surface area contributed by atoms with Crippen LogP contribution in [0.15, 0.2) is 24.8 Å². The fraction of sp³-hybridized carbons (Fsp3) is 0.500. The molecule has 0 aliphatic heterocycles. The average Bonchev–Trinajstić information content (AvgIpc) is 1.99. The van der Waals surface area contributed by atoms with Crippen molar-refractivity contribution >= 4 is 5.97 Å². The molecule has 2 nitrogen and oxygen atoms in total. The number of rotatable bonds is 5. The number of aliphatic carboxylic acids is 1. The lowest BCUT2D eigenvalue weighted by Crippen LogP contribution is -2.24. The van der Waals surface area contributed by atoms with Gasteiger partial charge in [-0.25, -0.2) is 0 Å². The monoisotopic (exact) mass is 168 g/mol. The van der Waals surface area contributed by atoms with Crippen molar-refractivity contribution in [3.8, 4) is 0 Å². The maximum absolute atomic E-state index is 10.8. The maximum Gasteiger partial charge on any atom is 0.313 e. The summed E-state index contributed by atoms with van der Waals surface area (Å²) < 4.78 is 0. The second-order valence-electron chi connectivity index (χ2n) is 3.38. The topological polar surface area (TPSA) is 37.3 Å². The smallest absolute Gasteiger partial charge is 0.313 e. The first-order valence-electron chi connectivity index (χ1n) is 3.94. The van der Waals surface area contributed by atoms with E-state index in [1.165, 1.54) is 6.08 Å². The van der Waals surface area contributed by atoms with Crippen LogP contribution < -0.4 is 0 Å². The van der Waals surface area contributed by atoms with Crippen LogP contribution in [0.3, 0.4) is 0 Å². The Bertz CT molecular complexity index is 206. The van der Waals surface area contributed by atoms with Gasteiger partial charge in [0.25, 0.3) is 0 Å². The first-order chi connectivity index (χ1) is 5.42. The van der Waals surface area contributed by atoms with Crippen molar-refractivity contribution in [2.45, 2.75) is 26.7 Å². The van der Waals surface area contributed by atoms with Gasteiger partial charge < -0.3 is 5.11 Å². The van der Waals surface area contributed by atoms with Crippen LogP contribution in [0, 0.1) is 5.41 Å². The van der Waals surface area contributed by atoms with Crippen LogP contribution in [0.4, 0.5) is 0 Å². The van der Waals surface area contributed by atoms with E-state index >= 15 is 0 Å². The quantitative estimate of drug-likeness (QED) is 0.641. The first-order valence-corrected chi connectivity index (χ1v) is 3.94. The summed E-state index contributed by atoms with van der Waals surface area (Å²) in [5.41, 5.74) is 0.197. The van der Waals surface area contributed by atoms with Gasteiger partial charge in [-0.05, 0) is 26.7 Å². The minimum atomic E-state index is -0.821. The van der Waals surface area contributed by atoms with Crippen LogP contribution in [0.1, 0.15) is 26.7 Å². The highest BCUT2D eigenvalue weighted by molar-refractivity contribution is 5.76. The minimum Gasteiger partial charge on any atom is -0.481 e. The lowest BCUT2D eigenvalue weighted by atomic mass is 9.85. The average molecular weight is 168 g/mol. The molecular formula is C10H16O2. The van der Waals surface area contributed by atoms with E-state index in [0.717, 1.165) is 12.0 Å². The molecule has 1 N–H and O–H groups in total. The molecule has 0 amide bonds. The van der Waals surface area contributed by atoms with Gasteiger partial charge in [0.2, 0.25) is 0 Å². The Morgan fingerprint density at radius 3 is 2.42 bits per heavy atom. The number of allylic oxidation sites excluding steroid dienone is 1. The highest BCUT2D eigenvalue weighted by Crippen LogP contribution is 2.26. The fourth-order valence-corrected chi connectivity index (χ4v) is 0.769. The molecule has 0 fully saturated rings. The Labute approximate surface area is 73.6 Å². The third-order valence-electron chi connectivity index (χ3n) is 2.01. The molecule has 0 aromatic rings. The predicted octanol–water partition coefficient (Wildman–Crippen LogP) is 2.62. The molecular weight excluding hydrogens is 152 g/mol. The molecule has 68 valence electrons. The third-order valence-corrected chi connectivity index (χ3v) is 2.01. The van der Waals surface area contributed by atoms with Crippen LogP contribution in [0.2, 0.25) is 0 Å². The largest absolute Gasteiger partial charge is 0.481 e. The Morgan fingerprint density at radius 2 is 2.17 bits per heavy atom. The van der Waals surface area contributed by atoms with E-state index in [-0.39, 0.29) is 0 Å². The Balaban J connectivity index is 4.25. The van der Waals surface area contributed by atoms with Gasteiger partial charge in [0.15, 0.2) is 0 Å². The van der Waals surface area contributed by atoms with Crippen molar-refractivity contribution in [3.05, 3.63) is 24.8 Å². The summed E-state index contributed by atoms with van der Waals surface area (Å²) in [4.78, 5) is 10.8. The third kappa shape index (κ3) is 2.91. The van der Waals surface area contributed by atoms with Crippen molar-refractivity contribution in [3.63, 3.8) is 0 Å². The summed E-state index contributed by atoms with van der Waals surface area (Å²) in [7, 11) is 0. The number of carbonyl (C=O) groups is 1. The molecule has 0 saturated carbocycles. The maximum atomic E-state index is 10.8. The summed E-state index contributed by atoms with van der Waals surface area (Å²) in [6, 6.07) is 0. The molecule has 0 aromatic carbocycles. The predicted molar refractivity (Wildman–Crippen MR) is 50.0 cm³/mol. The number of carboxylic acids is 1. The molecule has 0 aromatic heterocycles. The van der Waals surface area contributed by atoms with Gasteiger partial charge in [-0.3, -0.25) is 4.79 Å². The molecule has 2 heteroatoms. The summed E-state index contributed by atoms with van der Waals surface area (Å²) in [5, 5.41) is 8.84. The highest BCUT2D eigenvalue weighted by Gasteiger charge is 2.28. The molecule has 0 rings (SSSR count). The van der Waals surface area contributed by atoms with E-state index in [9.17, 15) is 4.79 Å². The molecule has 0 aliphatic rings. The van der Waals surface area contributed by atoms with Gasteiger partial charge >= 0.3 is 5.97 Å². The van der Waals surface area contributed by atoms with Crippen LogP contribution in [0.5, 0.6) is 0 Å². The molecule has 0 spiro atoms. The second-order valence-corrected chi connectivity index (χ2v) is 3.38. The Morgan fingerprint density at radius 1 is 1.67 bits per heavy atom. The molecule has 1 atom stereocenters. The van der Waals surface area contributed by atoms with Crippen molar-refractivity contribution in [2.24, 2.45) is 5.41 Å². The summed E-state index contributed by atoms with van der Waals surface area (Å²) >= 11 is 0. The summed E-state index contributed by atoms with van der Waals surface area (Å²) in [6.45, 7) is 10.8. The van der Waals surface area contributed by atoms with E-state index in [2.05, 4.69) is 13.2 Å². The molecule has 12 heavy (non-hydrogen) atoms. The van der Waals surface area contributed by atoms with Crippen molar-refractivity contribution in [1.82, 2.24) is 0 Å². The zero-order valence-electron chi connectivity index (χ0n) is 7.76. The zero-order valence-corrected chi connectivity index (χ0v) is 7.76. The number of hydrogen-bond acceptors (Lipinski definition) is 1. The van der Waals surface area contributed by atoms with Crippen LogP contribution in [-0.4, -0.2) is 11.1 Å². The molecule has 0 saturated heterocycles. The fourth-order valence-electron chi connectivity index (χ4n) is 0.769. The van der Waals surface area contributed by atoms with Gasteiger partial charge in [-0.15, -0.1) is 13.2 Å². The number of hydrogen-bond donors (Lipinski definition) is 1. The van der Waals surface area contributed by atoms with Crippen LogP contribution >= 0.6 is 0 Å². The first kappa shape index (κ1) is 11.0. The van der Waals surface area contributed by atoms with Crippen molar-refractivity contribution < 1.29 is 9.90 Å². The van der Waals surface area contributed by atoms with Gasteiger partial charge in [0.1, 0.15) is 0 Å². The molecule has 1 unspecified atom stereocenters. The molecule has 0 radical (unpaired) electrons. The summed E-state index contributed by atoms with van der Waals surface area (Å²) in [6.07, 6.45) is 2.79. The van der Waals surface area contributed by atoms with Gasteiger partial charge in [-0.1, -0.05) is 11.6 Å². The van der Waals surface area contributed by atoms with Crippen LogP contribution in [-0.2, 0) is 4.79 Å².